The average molecular weight is 330 g/mol. The van der Waals surface area contributed by atoms with Crippen molar-refractivity contribution in [3.63, 3.8) is 0 Å². The van der Waals surface area contributed by atoms with E-state index in [1.54, 1.807) is 0 Å². The maximum absolute atomic E-state index is 11.9. The first kappa shape index (κ1) is 18.3. The number of hydrogen-bond acceptors (Lipinski definition) is 2. The quantitative estimate of drug-likeness (QED) is 0.573. The Morgan fingerprint density at radius 2 is 2.00 bits per heavy atom. The van der Waals surface area contributed by atoms with Gasteiger partial charge in [0.1, 0.15) is 6.54 Å². The van der Waals surface area contributed by atoms with Crippen molar-refractivity contribution < 1.29 is 4.79 Å². The topological polar surface area (TPSA) is 65.5 Å². The zero-order valence-electron chi connectivity index (χ0n) is 15.4. The summed E-state index contributed by atoms with van der Waals surface area (Å²) in [7, 11) is 0. The fraction of sp³-hybridized carbons (Fsp3) is 0.579. The molecular formula is C19H30N4O. The fourth-order valence-electron chi connectivity index (χ4n) is 2.81. The number of carbonyl (C=O) groups excluding carboxylic acids is 1. The monoisotopic (exact) mass is 330 g/mol. The number of hydrogen-bond donors (Lipinski definition) is 3. The second-order valence-corrected chi connectivity index (χ2v) is 7.44. The summed E-state index contributed by atoms with van der Waals surface area (Å²) in [5, 5.41) is 9.59. The van der Waals surface area contributed by atoms with Crippen LogP contribution in [0.1, 0.15) is 51.2 Å². The first-order valence-electron chi connectivity index (χ1n) is 8.71. The molecule has 0 spiro atoms. The summed E-state index contributed by atoms with van der Waals surface area (Å²) in [6.45, 7) is 11.0. The number of guanidine groups is 1. The Morgan fingerprint density at radius 3 is 2.62 bits per heavy atom. The molecule has 5 heteroatoms. The zero-order chi connectivity index (χ0) is 17.7. The lowest BCUT2D eigenvalue weighted by Crippen LogP contribution is -2.43. The molecule has 1 fully saturated rings. The summed E-state index contributed by atoms with van der Waals surface area (Å²) >= 11 is 0. The molecule has 1 saturated carbocycles. The van der Waals surface area contributed by atoms with Gasteiger partial charge in [-0.05, 0) is 52.2 Å². The Hall–Kier alpha value is -2.04. The number of rotatable bonds is 5. The van der Waals surface area contributed by atoms with Crippen molar-refractivity contribution in [2.75, 3.05) is 13.1 Å². The summed E-state index contributed by atoms with van der Waals surface area (Å²) in [5.41, 5.74) is 2.50. The van der Waals surface area contributed by atoms with Crippen molar-refractivity contribution in [3.05, 3.63) is 35.4 Å². The smallest absolute Gasteiger partial charge is 0.242 e. The van der Waals surface area contributed by atoms with E-state index in [4.69, 9.17) is 0 Å². The van der Waals surface area contributed by atoms with Crippen molar-refractivity contribution in [3.8, 4) is 0 Å². The summed E-state index contributed by atoms with van der Waals surface area (Å²) < 4.78 is 0. The third kappa shape index (κ3) is 5.55. The maximum Gasteiger partial charge on any atom is 0.242 e. The number of aliphatic imine (C=N–C) groups is 1. The van der Waals surface area contributed by atoms with E-state index in [9.17, 15) is 4.79 Å². The van der Waals surface area contributed by atoms with Crippen LogP contribution < -0.4 is 16.0 Å². The molecule has 1 aromatic carbocycles. The Labute approximate surface area is 145 Å². The molecule has 1 amide bonds. The molecule has 0 radical (unpaired) electrons. The van der Waals surface area contributed by atoms with E-state index in [-0.39, 0.29) is 18.0 Å². The van der Waals surface area contributed by atoms with Gasteiger partial charge in [0.05, 0.1) is 0 Å². The molecule has 2 atom stereocenters. The number of carbonyl (C=O) groups is 1. The number of aryl methyl sites for hydroxylation is 1. The van der Waals surface area contributed by atoms with Crippen molar-refractivity contribution in [2.45, 2.75) is 58.5 Å². The van der Waals surface area contributed by atoms with Gasteiger partial charge in [-0.2, -0.15) is 0 Å². The van der Waals surface area contributed by atoms with Crippen LogP contribution in [0.2, 0.25) is 0 Å². The van der Waals surface area contributed by atoms with Crippen LogP contribution >= 0.6 is 0 Å². The number of benzene rings is 1. The third-order valence-corrected chi connectivity index (χ3v) is 3.94. The van der Waals surface area contributed by atoms with Gasteiger partial charge in [-0.15, -0.1) is 0 Å². The SMILES string of the molecule is CCNC(=NCC(=O)NC(C)(C)C)NC1CC1c1ccccc1C. The predicted octanol–water partition coefficient (Wildman–Crippen LogP) is 2.32. The highest BCUT2D eigenvalue weighted by atomic mass is 16.2. The van der Waals surface area contributed by atoms with Gasteiger partial charge in [0.25, 0.3) is 0 Å². The third-order valence-electron chi connectivity index (χ3n) is 3.94. The van der Waals surface area contributed by atoms with E-state index in [1.807, 2.05) is 27.7 Å². The second-order valence-electron chi connectivity index (χ2n) is 7.44. The lowest BCUT2D eigenvalue weighted by atomic mass is 10.0. The minimum atomic E-state index is -0.231. The fourth-order valence-corrected chi connectivity index (χ4v) is 2.81. The van der Waals surface area contributed by atoms with Crippen LogP contribution in [0.4, 0.5) is 0 Å². The summed E-state index contributed by atoms with van der Waals surface area (Å²) in [5.74, 6) is 1.17. The van der Waals surface area contributed by atoms with Crippen LogP contribution in [-0.2, 0) is 4.79 Å². The van der Waals surface area contributed by atoms with E-state index >= 15 is 0 Å². The average Bonchev–Trinajstić information content (AvgIpc) is 3.23. The van der Waals surface area contributed by atoms with Crippen molar-refractivity contribution in [1.82, 2.24) is 16.0 Å². The molecule has 0 aliphatic heterocycles. The van der Waals surface area contributed by atoms with Crippen LogP contribution in [-0.4, -0.2) is 36.5 Å². The second kappa shape index (κ2) is 7.69. The van der Waals surface area contributed by atoms with Crippen LogP contribution in [0.15, 0.2) is 29.3 Å². The van der Waals surface area contributed by atoms with E-state index in [1.165, 1.54) is 11.1 Å². The van der Waals surface area contributed by atoms with Gasteiger partial charge in [0.15, 0.2) is 5.96 Å². The molecule has 1 aliphatic carbocycles. The molecule has 0 aromatic heterocycles. The molecular weight excluding hydrogens is 300 g/mol. The Kier molecular flexibility index (Phi) is 5.86. The zero-order valence-corrected chi connectivity index (χ0v) is 15.4. The van der Waals surface area contributed by atoms with Gasteiger partial charge < -0.3 is 16.0 Å². The van der Waals surface area contributed by atoms with Gasteiger partial charge in [0.2, 0.25) is 5.91 Å². The highest BCUT2D eigenvalue weighted by Crippen LogP contribution is 2.41. The van der Waals surface area contributed by atoms with Crippen molar-refractivity contribution in [2.24, 2.45) is 4.99 Å². The Morgan fingerprint density at radius 1 is 1.29 bits per heavy atom. The van der Waals surface area contributed by atoms with E-state index in [2.05, 4.69) is 52.1 Å². The first-order valence-corrected chi connectivity index (χ1v) is 8.71. The maximum atomic E-state index is 11.9. The van der Waals surface area contributed by atoms with Gasteiger partial charge in [-0.25, -0.2) is 4.99 Å². The molecule has 0 bridgehead atoms. The highest BCUT2D eigenvalue weighted by Gasteiger charge is 2.39. The molecule has 0 heterocycles. The standard InChI is InChI=1S/C19H30N4O/c1-6-20-18(21-12-17(24)23-19(3,4)5)22-16-11-15(16)14-10-8-7-9-13(14)2/h7-10,15-16H,6,11-12H2,1-5H3,(H,23,24)(H2,20,21,22). The van der Waals surface area contributed by atoms with Crippen LogP contribution in [0.25, 0.3) is 0 Å². The van der Waals surface area contributed by atoms with Crippen LogP contribution in [0.5, 0.6) is 0 Å². The predicted molar refractivity (Wildman–Crippen MR) is 99.3 cm³/mol. The van der Waals surface area contributed by atoms with Crippen LogP contribution in [0.3, 0.4) is 0 Å². The van der Waals surface area contributed by atoms with E-state index in [0.717, 1.165) is 13.0 Å². The summed E-state index contributed by atoms with van der Waals surface area (Å²) in [6, 6.07) is 8.90. The lowest BCUT2D eigenvalue weighted by Gasteiger charge is -2.20. The number of nitrogens with one attached hydrogen (secondary N) is 3. The van der Waals surface area contributed by atoms with Gasteiger partial charge in [0, 0.05) is 24.0 Å². The van der Waals surface area contributed by atoms with Gasteiger partial charge in [-0.1, -0.05) is 24.3 Å². The van der Waals surface area contributed by atoms with Gasteiger partial charge >= 0.3 is 0 Å². The molecule has 2 unspecified atom stereocenters. The van der Waals surface area contributed by atoms with Gasteiger partial charge in [-0.3, -0.25) is 4.79 Å². The van der Waals surface area contributed by atoms with Crippen molar-refractivity contribution in [1.29, 1.82) is 0 Å². The summed E-state index contributed by atoms with van der Waals surface area (Å²) in [6.07, 6.45) is 1.10. The largest absolute Gasteiger partial charge is 0.357 e. The van der Waals surface area contributed by atoms with E-state index < -0.39 is 0 Å². The summed E-state index contributed by atoms with van der Waals surface area (Å²) in [4.78, 5) is 16.3. The molecule has 132 valence electrons. The number of amides is 1. The number of nitrogens with zero attached hydrogens (tertiary/aromatic N) is 1. The molecule has 0 saturated heterocycles. The minimum Gasteiger partial charge on any atom is -0.357 e. The molecule has 1 aromatic rings. The highest BCUT2D eigenvalue weighted by molar-refractivity contribution is 5.85. The van der Waals surface area contributed by atoms with E-state index in [0.29, 0.717) is 17.9 Å². The first-order chi connectivity index (χ1) is 11.3. The van der Waals surface area contributed by atoms with Crippen LogP contribution in [0, 0.1) is 6.92 Å². The molecule has 3 N–H and O–H groups in total. The lowest BCUT2D eigenvalue weighted by molar-refractivity contribution is -0.121. The molecule has 24 heavy (non-hydrogen) atoms. The molecule has 5 nitrogen and oxygen atoms in total. The normalized spacial score (nSPS) is 20.5. The molecule has 2 rings (SSSR count). The Balaban J connectivity index is 1.91. The van der Waals surface area contributed by atoms with Crippen molar-refractivity contribution >= 4 is 11.9 Å². The Bertz CT molecular complexity index is 604. The minimum absolute atomic E-state index is 0.0639. The molecule has 1 aliphatic rings.